The molecule has 0 aliphatic rings. The molecule has 0 bridgehead atoms. The van der Waals surface area contributed by atoms with E-state index in [1.807, 2.05) is 0 Å². The molecule has 2 aromatic rings. The van der Waals surface area contributed by atoms with E-state index in [1.54, 1.807) is 0 Å². The average molecular weight is 625 g/mol. The van der Waals surface area contributed by atoms with Crippen LogP contribution in [0.3, 0.4) is 0 Å². The van der Waals surface area contributed by atoms with Gasteiger partial charge in [-0.15, -0.1) is 0 Å². The van der Waals surface area contributed by atoms with Gasteiger partial charge in [0, 0.05) is 0 Å². The van der Waals surface area contributed by atoms with Crippen LogP contribution in [-0.4, -0.2) is 50.4 Å². The van der Waals surface area contributed by atoms with Crippen molar-refractivity contribution in [3.05, 3.63) is 59.7 Å². The summed E-state index contributed by atoms with van der Waals surface area (Å²) >= 11 is 0. The van der Waals surface area contributed by atoms with Crippen molar-refractivity contribution in [1.82, 2.24) is 0 Å². The average Bonchev–Trinajstić information content (AvgIpc) is 2.63. The van der Waals surface area contributed by atoms with Crippen LogP contribution < -0.4 is 10.4 Å². The molecule has 0 atom stereocenters. The number of hydrogen-bond donors (Lipinski definition) is 0. The first-order valence-electron chi connectivity index (χ1n) is 13.8. The maximum absolute atomic E-state index is 6.53. The molecule has 2 rings (SSSR count). The summed E-state index contributed by atoms with van der Waals surface area (Å²) in [6.07, 6.45) is 0. The largest absolute Gasteiger partial charge is 0.433 e. The third-order valence-corrected chi connectivity index (χ3v) is 23.9. The summed E-state index contributed by atoms with van der Waals surface area (Å²) in [7, 11) is -11.1. The molecular formula is C28H56O4Si6. The van der Waals surface area contributed by atoms with Gasteiger partial charge in [0.05, 0.1) is 0 Å². The number of hydrogen-bond acceptors (Lipinski definition) is 4. The van der Waals surface area contributed by atoms with Crippen molar-refractivity contribution in [3.63, 3.8) is 0 Å². The van der Waals surface area contributed by atoms with Crippen LogP contribution in [0.5, 0.6) is 0 Å². The number of benzene rings is 2. The highest BCUT2D eigenvalue weighted by atomic mass is 28.5. The fraction of sp³-hybridized carbons (Fsp3) is 0.571. The minimum Gasteiger partial charge on any atom is -0.433 e. The lowest BCUT2D eigenvalue weighted by Gasteiger charge is -2.38. The molecule has 216 valence electrons. The molecule has 0 aliphatic carbocycles. The van der Waals surface area contributed by atoms with Gasteiger partial charge in [-0.05, 0) is 116 Å². The lowest BCUT2D eigenvalue weighted by atomic mass is 10.2. The van der Waals surface area contributed by atoms with Gasteiger partial charge in [0.15, 0.2) is 33.3 Å². The summed E-state index contributed by atoms with van der Waals surface area (Å²) in [6.45, 7) is 35.5. The van der Waals surface area contributed by atoms with Gasteiger partial charge < -0.3 is 16.5 Å². The Hall–Kier alpha value is -0.419. The van der Waals surface area contributed by atoms with E-state index >= 15 is 0 Å². The van der Waals surface area contributed by atoms with Crippen molar-refractivity contribution < 1.29 is 16.5 Å². The Labute approximate surface area is 241 Å². The van der Waals surface area contributed by atoms with E-state index < -0.39 is 50.4 Å². The molecule has 0 aliphatic heterocycles. The predicted octanol–water partition coefficient (Wildman–Crippen LogP) is 7.95. The summed E-state index contributed by atoms with van der Waals surface area (Å²) < 4.78 is 26.1. The monoisotopic (exact) mass is 624 g/mol. The van der Waals surface area contributed by atoms with Gasteiger partial charge in [0.25, 0.3) is 0 Å². The summed E-state index contributed by atoms with van der Waals surface area (Å²) in [5, 5.41) is 2.51. The fourth-order valence-electron chi connectivity index (χ4n) is 4.40. The molecule has 0 unspecified atom stereocenters. The van der Waals surface area contributed by atoms with Crippen molar-refractivity contribution in [2.24, 2.45) is 0 Å². The van der Waals surface area contributed by atoms with Gasteiger partial charge in [-0.2, -0.15) is 0 Å². The smallest absolute Gasteiger partial charge is 0.348 e. The van der Waals surface area contributed by atoms with Crippen LogP contribution in [0.15, 0.2) is 48.5 Å². The van der Waals surface area contributed by atoms with Crippen LogP contribution in [0.4, 0.5) is 0 Å². The SMILES string of the molecule is Cc1ccc([Si](C)(O[Si](C)(C)C)O[Si](C)(C)C)cc1.Cc1cccc([Si](C)(O[Si](C)(C)C)O[Si](C)(C)C)c1. The predicted molar refractivity (Wildman–Crippen MR) is 183 cm³/mol. The molecule has 0 N–H and O–H groups in total. The zero-order chi connectivity index (χ0) is 29.8. The minimum atomic E-state index is -2.30. The van der Waals surface area contributed by atoms with Crippen LogP contribution >= 0.6 is 0 Å². The summed E-state index contributed by atoms with van der Waals surface area (Å²) in [6, 6.07) is 17.3. The van der Waals surface area contributed by atoms with Gasteiger partial charge in [-0.3, -0.25) is 0 Å². The molecule has 0 saturated carbocycles. The van der Waals surface area contributed by atoms with E-state index in [0.29, 0.717) is 0 Å². The van der Waals surface area contributed by atoms with Crippen molar-refractivity contribution in [2.45, 2.75) is 106 Å². The molecule has 0 fully saturated rings. The van der Waals surface area contributed by atoms with Gasteiger partial charge in [0.1, 0.15) is 0 Å². The zero-order valence-corrected chi connectivity index (χ0v) is 33.3. The highest BCUT2D eigenvalue weighted by Gasteiger charge is 2.43. The zero-order valence-electron chi connectivity index (χ0n) is 27.3. The third-order valence-electron chi connectivity index (χ3n) is 5.12. The van der Waals surface area contributed by atoms with E-state index in [2.05, 4.69) is 154 Å². The molecule has 0 amide bonds. The van der Waals surface area contributed by atoms with Crippen molar-refractivity contribution >= 4 is 60.8 Å². The molecule has 38 heavy (non-hydrogen) atoms. The molecule has 0 heterocycles. The summed E-state index contributed by atoms with van der Waals surface area (Å²) in [5.74, 6) is 0. The number of aryl methyl sites for hydroxylation is 2. The quantitative estimate of drug-likeness (QED) is 0.251. The lowest BCUT2D eigenvalue weighted by Crippen LogP contribution is -2.60. The van der Waals surface area contributed by atoms with Gasteiger partial charge in [0.2, 0.25) is 0 Å². The number of rotatable bonds is 10. The second-order valence-electron chi connectivity index (χ2n) is 14.5. The summed E-state index contributed by atoms with van der Waals surface area (Å²) in [5.41, 5.74) is 2.55. The van der Waals surface area contributed by atoms with Crippen molar-refractivity contribution in [2.75, 3.05) is 0 Å². The highest BCUT2D eigenvalue weighted by Crippen LogP contribution is 2.22. The standard InChI is InChI=1S/2C14H28O2Si3/c1-13-9-11-14(12-10-13)19(8,15-17(2,3)4)16-18(5,6)7;1-13-10-9-11-14(12-13)19(8,15-17(2,3)4)16-18(5,6)7/h2*9-12H,1-8H3. The van der Waals surface area contributed by atoms with Gasteiger partial charge in [-0.1, -0.05) is 59.7 Å². The van der Waals surface area contributed by atoms with E-state index in [4.69, 9.17) is 16.5 Å². The minimum absolute atomic E-state index is 1.25. The fourth-order valence-corrected chi connectivity index (χ4v) is 27.7. The van der Waals surface area contributed by atoms with Gasteiger partial charge in [-0.25, -0.2) is 0 Å². The first-order chi connectivity index (χ1) is 16.8. The molecule has 0 saturated heterocycles. The van der Waals surface area contributed by atoms with Crippen LogP contribution in [0.1, 0.15) is 11.1 Å². The van der Waals surface area contributed by atoms with E-state index in [0.717, 1.165) is 0 Å². The molecule has 4 nitrogen and oxygen atoms in total. The molecule has 0 aromatic heterocycles. The Morgan fingerprint density at radius 3 is 1.05 bits per heavy atom. The molecule has 10 heteroatoms. The summed E-state index contributed by atoms with van der Waals surface area (Å²) in [4.78, 5) is 0. The first-order valence-corrected chi connectivity index (χ1v) is 32.0. The maximum Gasteiger partial charge on any atom is 0.348 e. The van der Waals surface area contributed by atoms with Crippen molar-refractivity contribution in [1.29, 1.82) is 0 Å². The normalized spacial score (nSPS) is 13.7. The van der Waals surface area contributed by atoms with Crippen LogP contribution in [0, 0.1) is 13.8 Å². The topological polar surface area (TPSA) is 36.9 Å². The van der Waals surface area contributed by atoms with E-state index in [-0.39, 0.29) is 0 Å². The molecular weight excluding hydrogens is 569 g/mol. The Kier molecular flexibility index (Phi) is 12.2. The second-order valence-corrected chi connectivity index (χ2v) is 39.6. The van der Waals surface area contributed by atoms with E-state index in [9.17, 15) is 0 Å². The maximum atomic E-state index is 6.53. The van der Waals surface area contributed by atoms with Crippen LogP contribution in [0.25, 0.3) is 0 Å². The Bertz CT molecular complexity index is 984. The van der Waals surface area contributed by atoms with Crippen LogP contribution in [-0.2, 0) is 16.5 Å². The Morgan fingerprint density at radius 2 is 0.737 bits per heavy atom. The molecule has 2 aromatic carbocycles. The third kappa shape index (κ3) is 13.8. The van der Waals surface area contributed by atoms with Crippen LogP contribution in [0.2, 0.25) is 91.7 Å². The molecule has 0 radical (unpaired) electrons. The second kappa shape index (κ2) is 13.0. The molecule has 0 spiro atoms. The van der Waals surface area contributed by atoms with E-state index in [1.165, 1.54) is 21.5 Å². The Morgan fingerprint density at radius 1 is 0.395 bits per heavy atom. The van der Waals surface area contributed by atoms with Crippen molar-refractivity contribution in [3.8, 4) is 0 Å². The highest BCUT2D eigenvalue weighted by molar-refractivity contribution is 6.95. The van der Waals surface area contributed by atoms with Gasteiger partial charge >= 0.3 is 17.1 Å². The lowest BCUT2D eigenvalue weighted by molar-refractivity contribution is 0.403. The first kappa shape index (κ1) is 35.6. The Balaban J connectivity index is 0.000000380.